The number of phosphoric acid groups is 2. The molecule has 0 aromatic carbocycles. The number of hydrogen-bond donors (Lipinski definition) is 8. The molecule has 534 valence electrons. The lowest BCUT2D eigenvalue weighted by molar-refractivity contribution is -0.306. The Morgan fingerprint density at radius 3 is 1.04 bits per heavy atom. The van der Waals surface area contributed by atoms with E-state index in [1.165, 1.54) is 69.6 Å². The molecular formula is C73H121N3O16P2. The molecule has 0 spiro atoms. The Bertz CT molecular complexity index is 2820. The zero-order valence-electron chi connectivity index (χ0n) is 59.8. The van der Waals surface area contributed by atoms with Crippen LogP contribution in [-0.2, 0) is 51.1 Å². The van der Waals surface area contributed by atoms with E-state index in [1.54, 1.807) is 6.08 Å². The van der Waals surface area contributed by atoms with E-state index < -0.39 is 108 Å². The fraction of sp³-hybridized carbons (Fsp3) is 0.658. The predicted molar refractivity (Wildman–Crippen MR) is 377 cm³/mol. The summed E-state index contributed by atoms with van der Waals surface area (Å²) >= 11 is 0. The zero-order chi connectivity index (χ0) is 70.6. The van der Waals surface area contributed by atoms with Crippen LogP contribution in [0.2, 0.25) is 0 Å². The summed E-state index contributed by atoms with van der Waals surface area (Å²) in [6, 6.07) is -4.30. The fourth-order valence-electron chi connectivity index (χ4n) is 11.0. The molecule has 3 amide bonds. The Hall–Kier alpha value is -4.43. The van der Waals surface area contributed by atoms with Gasteiger partial charge in [0, 0.05) is 20.8 Å². The van der Waals surface area contributed by atoms with Crippen LogP contribution in [0.3, 0.4) is 0 Å². The fourth-order valence-corrected chi connectivity index (χ4v) is 13.0. The topological polar surface area (TPSA) is 278 Å². The first kappa shape index (κ1) is 85.7. The van der Waals surface area contributed by atoms with Crippen LogP contribution < -0.4 is 16.0 Å². The van der Waals surface area contributed by atoms with E-state index in [4.69, 9.17) is 23.3 Å². The minimum absolute atomic E-state index is 0.462. The summed E-state index contributed by atoms with van der Waals surface area (Å²) in [6.07, 6.45) is 34.9. The van der Waals surface area contributed by atoms with E-state index >= 15 is 0 Å². The van der Waals surface area contributed by atoms with E-state index in [-0.39, 0.29) is 0 Å². The first-order chi connectivity index (χ1) is 44.2. The van der Waals surface area contributed by atoms with Crippen LogP contribution in [0.4, 0.5) is 0 Å². The van der Waals surface area contributed by atoms with Crippen molar-refractivity contribution in [1.82, 2.24) is 16.0 Å². The van der Waals surface area contributed by atoms with Crippen molar-refractivity contribution in [1.29, 1.82) is 0 Å². The molecule has 0 aromatic heterocycles. The van der Waals surface area contributed by atoms with Gasteiger partial charge in [-0.1, -0.05) is 128 Å². The predicted octanol–water partition coefficient (Wildman–Crippen LogP) is 15.6. The van der Waals surface area contributed by atoms with Crippen LogP contribution in [0.5, 0.6) is 0 Å². The molecule has 12 atom stereocenters. The summed E-state index contributed by atoms with van der Waals surface area (Å²) in [5.41, 5.74) is 15.2. The molecule has 2 rings (SSSR count). The molecule has 21 heteroatoms. The number of phosphoric ester groups is 2. The summed E-state index contributed by atoms with van der Waals surface area (Å²) in [5.74, 6) is -2.03. The summed E-state index contributed by atoms with van der Waals surface area (Å²) < 4.78 is 59.0. The van der Waals surface area contributed by atoms with Crippen molar-refractivity contribution >= 4 is 33.4 Å². The largest absolute Gasteiger partial charge is 0.483 e. The van der Waals surface area contributed by atoms with Gasteiger partial charge in [0.25, 0.3) is 0 Å². The van der Waals surface area contributed by atoms with Crippen molar-refractivity contribution < 1.29 is 76.2 Å². The molecule has 0 aliphatic carbocycles. The normalized spacial score (nSPS) is 24.8. The number of hydrogen-bond acceptors (Lipinski definition) is 14. The van der Waals surface area contributed by atoms with Gasteiger partial charge >= 0.3 is 15.6 Å². The number of nitrogens with one attached hydrogen (secondary N) is 3. The van der Waals surface area contributed by atoms with Gasteiger partial charge in [0.05, 0.1) is 25.4 Å². The molecular weight excluding hydrogens is 1240 g/mol. The molecule has 8 N–H and O–H groups in total. The molecule has 2 heterocycles. The second kappa shape index (κ2) is 46.0. The Morgan fingerprint density at radius 2 is 0.723 bits per heavy atom. The maximum atomic E-state index is 13.4. The summed E-state index contributed by atoms with van der Waals surface area (Å²) in [7, 11) is -10.9. The molecule has 2 fully saturated rings. The van der Waals surface area contributed by atoms with Gasteiger partial charge in [-0.05, 0) is 218 Å². The quantitative estimate of drug-likeness (QED) is 0.0208. The standard InChI is InChI=1S/C73H121N3O16P2/c1-50(2)27-17-28-51(3)29-18-30-52(4)31-19-32-53(5)33-20-34-54(6)35-21-36-55(7)37-22-38-56(8)39-23-40-57(9)41-24-42-58(10)43-25-44-59(11)45-26-46-60(12)47-48-87-93(83,84)92-94(85,86)91-73-68(76-64(16)80)71(66(61(13)88-73)74-62(14)78)90-72-67(75-63(15)79)70(82)69(81)65(49-77)89-72/h27,29,31,33,35,37,39,41,43,45,47,61,65-73,77,81-82H,17-26,28,30,32,34,36,38,40,42,44,46,48-49H2,1-16H3,(H,74,78)(H,75,79)(H,76,80)(H,83,84)(H,85,86)/b51-29+,52-31+,53-33+,54-35-,55-37-,56-39-,57-41-,58-43-,59-45-,60-47-/t61-,65-,66-,67-,68-,69+,70-,71+,72-,73-/m1/s1. The summed E-state index contributed by atoms with van der Waals surface area (Å²) in [5, 5.41) is 38.8. The monoisotopic (exact) mass is 1360 g/mol. The summed E-state index contributed by atoms with van der Waals surface area (Å²) in [4.78, 5) is 58.4. The first-order valence-corrected chi connectivity index (χ1v) is 36.8. The molecule has 0 saturated carbocycles. The highest BCUT2D eigenvalue weighted by Crippen LogP contribution is 2.61. The Kier molecular flexibility index (Phi) is 41.9. The Balaban J connectivity index is 1.76. The number of ether oxygens (including phenoxy) is 3. The van der Waals surface area contributed by atoms with Crippen molar-refractivity contribution in [2.24, 2.45) is 0 Å². The highest BCUT2D eigenvalue weighted by molar-refractivity contribution is 7.61. The van der Waals surface area contributed by atoms with Gasteiger partial charge in [0.1, 0.15) is 36.5 Å². The minimum atomic E-state index is -5.61. The number of carbonyl (C=O) groups is 3. The van der Waals surface area contributed by atoms with Crippen molar-refractivity contribution in [3.63, 3.8) is 0 Å². The van der Waals surface area contributed by atoms with E-state index in [0.717, 1.165) is 135 Å². The second-order valence-corrected chi connectivity index (χ2v) is 29.3. The molecule has 2 saturated heterocycles. The number of rotatable bonds is 43. The number of allylic oxidation sites excluding steroid dienone is 21. The van der Waals surface area contributed by atoms with Crippen LogP contribution in [0, 0.1) is 0 Å². The number of aliphatic hydroxyl groups is 3. The second-order valence-electron chi connectivity index (χ2n) is 26.3. The third-order valence-electron chi connectivity index (χ3n) is 16.6. The number of amides is 3. The SMILES string of the molecule is CC(=O)N[C@H]1[C@@H](O[C@@H]2[C@@H](NC(C)=O)[C@@H](OP(=O)(O)OP(=O)(O)OC/C=C(/C)CC/C=C(/C)CC/C=C(/C)CC/C=C(/C)CC/C=C(/C)CC/C=C(/C)CC/C=C(/C)CC/C=C(\C)CC/C=C(\C)CC/C=C(\C)CCC=C(C)C)O[C@H](C)[C@H]2NC(C)=O)O[C@H](CO)[C@H](O)[C@@H]1O. The summed E-state index contributed by atoms with van der Waals surface area (Å²) in [6.45, 7) is 29.8. The van der Waals surface area contributed by atoms with Crippen LogP contribution >= 0.6 is 15.6 Å². The van der Waals surface area contributed by atoms with Gasteiger partial charge in [-0.3, -0.25) is 23.4 Å². The third-order valence-corrected chi connectivity index (χ3v) is 19.2. The molecule has 0 radical (unpaired) electrons. The first-order valence-electron chi connectivity index (χ1n) is 33.8. The van der Waals surface area contributed by atoms with Crippen LogP contribution in [0.15, 0.2) is 128 Å². The van der Waals surface area contributed by atoms with Crippen molar-refractivity contribution in [3.8, 4) is 0 Å². The minimum Gasteiger partial charge on any atom is -0.394 e. The number of aliphatic hydroxyl groups excluding tert-OH is 3. The van der Waals surface area contributed by atoms with Crippen molar-refractivity contribution in [3.05, 3.63) is 128 Å². The van der Waals surface area contributed by atoms with Gasteiger partial charge in [0.15, 0.2) is 12.6 Å². The maximum Gasteiger partial charge on any atom is 0.483 e. The Morgan fingerprint density at radius 1 is 0.415 bits per heavy atom. The van der Waals surface area contributed by atoms with Crippen molar-refractivity contribution in [2.45, 2.75) is 300 Å². The molecule has 2 aliphatic heterocycles. The van der Waals surface area contributed by atoms with E-state index in [1.807, 2.05) is 6.92 Å². The van der Waals surface area contributed by atoms with Gasteiger partial charge in [-0.2, -0.15) is 4.31 Å². The lowest BCUT2D eigenvalue weighted by Crippen LogP contribution is -2.71. The average molecular weight is 1360 g/mol. The molecule has 2 unspecified atom stereocenters. The van der Waals surface area contributed by atoms with Crippen LogP contribution in [0.25, 0.3) is 0 Å². The molecule has 0 bridgehead atoms. The number of carbonyl (C=O) groups excluding carboxylic acids is 3. The van der Waals surface area contributed by atoms with Crippen molar-refractivity contribution in [2.75, 3.05) is 13.2 Å². The average Bonchev–Trinajstić information content (AvgIpc) is 0.775. The highest BCUT2D eigenvalue weighted by Gasteiger charge is 2.54. The highest BCUT2D eigenvalue weighted by atomic mass is 31.3. The van der Waals surface area contributed by atoms with Gasteiger partial charge in [-0.15, -0.1) is 0 Å². The van der Waals surface area contributed by atoms with Crippen LogP contribution in [0.1, 0.15) is 239 Å². The lowest BCUT2D eigenvalue weighted by atomic mass is 9.93. The van der Waals surface area contributed by atoms with Gasteiger partial charge in [0.2, 0.25) is 17.7 Å². The maximum absolute atomic E-state index is 13.4. The zero-order valence-corrected chi connectivity index (χ0v) is 61.6. The molecule has 94 heavy (non-hydrogen) atoms. The van der Waals surface area contributed by atoms with Gasteiger partial charge in [-0.25, -0.2) is 9.13 Å². The molecule has 0 aromatic rings. The third kappa shape index (κ3) is 37.9. The van der Waals surface area contributed by atoms with E-state index in [2.05, 4.69) is 157 Å². The molecule has 19 nitrogen and oxygen atoms in total. The van der Waals surface area contributed by atoms with E-state index in [9.17, 15) is 48.6 Å². The molecule has 2 aliphatic rings. The smallest absolute Gasteiger partial charge is 0.394 e. The van der Waals surface area contributed by atoms with Gasteiger partial charge < -0.3 is 55.3 Å². The van der Waals surface area contributed by atoms with E-state index in [0.29, 0.717) is 12.8 Å². The van der Waals surface area contributed by atoms with Crippen LogP contribution in [-0.4, -0.2) is 117 Å². The lowest BCUT2D eigenvalue weighted by Gasteiger charge is -2.49. The Labute approximate surface area is 564 Å².